The van der Waals surface area contributed by atoms with Gasteiger partial charge >= 0.3 is 137 Å². The molecule has 0 bridgehead atoms. The maximum atomic E-state index is 12.0. The first-order chi connectivity index (χ1) is 8.94. The molecule has 6 heteroatoms. The molecule has 0 radical (unpaired) electrons. The number of sulfone groups is 1. The summed E-state index contributed by atoms with van der Waals surface area (Å²) < 4.78 is 26.3. The van der Waals surface area contributed by atoms with E-state index in [1.807, 2.05) is 12.1 Å². The molecule has 1 atom stereocenters. The minimum atomic E-state index is -2.89. The predicted molar refractivity (Wildman–Crippen MR) is 82.7 cm³/mol. The van der Waals surface area contributed by atoms with Gasteiger partial charge in [0.15, 0.2) is 0 Å². The number of nitrogens with zero attached hydrogens (tertiary/aromatic N) is 1. The Kier molecular flexibility index (Phi) is 5.52. The van der Waals surface area contributed by atoms with Crippen LogP contribution in [-0.2, 0) is 9.84 Å². The third-order valence-corrected chi connectivity index (χ3v) is 9.82. The molecular formula is C13H18I2NO2S-. The van der Waals surface area contributed by atoms with E-state index in [1.54, 1.807) is 0 Å². The van der Waals surface area contributed by atoms with Crippen LogP contribution in [0.5, 0.6) is 0 Å². The van der Waals surface area contributed by atoms with Gasteiger partial charge in [-0.2, -0.15) is 0 Å². The van der Waals surface area contributed by atoms with E-state index >= 15 is 0 Å². The van der Waals surface area contributed by atoms with E-state index in [-0.39, 0.29) is 29.3 Å². The summed E-state index contributed by atoms with van der Waals surface area (Å²) in [4.78, 5) is 0. The maximum absolute atomic E-state index is 12.0. The molecular weight excluding hydrogens is 488 g/mol. The van der Waals surface area contributed by atoms with Gasteiger partial charge in [0.25, 0.3) is 0 Å². The quantitative estimate of drug-likeness (QED) is 0.426. The summed E-state index contributed by atoms with van der Waals surface area (Å²) in [5.74, 6) is 1.02. The van der Waals surface area contributed by atoms with Gasteiger partial charge in [0.05, 0.1) is 0 Å². The number of rotatable bonds is 3. The molecule has 19 heavy (non-hydrogen) atoms. The first kappa shape index (κ1) is 16.0. The van der Waals surface area contributed by atoms with Crippen LogP contribution in [0.15, 0.2) is 24.3 Å². The Morgan fingerprint density at radius 2 is 2.05 bits per heavy atom. The first-order valence-corrected chi connectivity index (χ1v) is 15.3. The molecule has 0 aromatic heterocycles. The van der Waals surface area contributed by atoms with Crippen molar-refractivity contribution in [3.63, 3.8) is 0 Å². The van der Waals surface area contributed by atoms with Crippen molar-refractivity contribution in [3.8, 4) is 0 Å². The molecule has 0 amide bonds. The van der Waals surface area contributed by atoms with Crippen LogP contribution in [0.3, 0.4) is 0 Å². The van der Waals surface area contributed by atoms with Crippen LogP contribution in [0.4, 0.5) is 0 Å². The monoisotopic (exact) mass is 506 g/mol. The summed E-state index contributed by atoms with van der Waals surface area (Å²) in [7, 11) is -2.89. The van der Waals surface area contributed by atoms with Crippen molar-refractivity contribution in [2.45, 2.75) is 25.8 Å². The zero-order valence-electron chi connectivity index (χ0n) is 11.0. The molecule has 1 saturated heterocycles. The van der Waals surface area contributed by atoms with Crippen LogP contribution in [0.1, 0.15) is 36.9 Å². The fourth-order valence-corrected chi connectivity index (χ4v) is 8.62. The molecule has 0 aliphatic carbocycles. The molecule has 108 valence electrons. The van der Waals surface area contributed by atoms with Gasteiger partial charge < -0.3 is 0 Å². The van der Waals surface area contributed by atoms with Crippen molar-refractivity contribution in [2.75, 3.05) is 18.1 Å². The van der Waals surface area contributed by atoms with Crippen molar-refractivity contribution in [1.82, 2.24) is 3.11 Å². The molecule has 1 unspecified atom stereocenters. The third-order valence-electron chi connectivity index (χ3n) is 3.42. The zero-order chi connectivity index (χ0) is 14.0. The fourth-order valence-electron chi connectivity index (χ4n) is 2.44. The SMILES string of the molecule is CC(C)c1ccccc1C1CS(=O)(=O)CCN1[I-]I. The number of benzene rings is 1. The molecule has 1 heterocycles. The van der Waals surface area contributed by atoms with Gasteiger partial charge in [-0.1, -0.05) is 0 Å². The van der Waals surface area contributed by atoms with Crippen LogP contribution in [0, 0.1) is 0 Å². The zero-order valence-corrected chi connectivity index (χ0v) is 16.1. The second-order valence-electron chi connectivity index (χ2n) is 5.10. The Bertz CT molecular complexity index is 545. The van der Waals surface area contributed by atoms with Crippen LogP contribution < -0.4 is 17.5 Å². The molecule has 1 aromatic rings. The minimum absolute atomic E-state index is 0.0575. The van der Waals surface area contributed by atoms with Gasteiger partial charge in [0.1, 0.15) is 0 Å². The molecule has 3 nitrogen and oxygen atoms in total. The van der Waals surface area contributed by atoms with Gasteiger partial charge in [-0.3, -0.25) is 0 Å². The standard InChI is InChI=1S/C13H18I2NO2S/c1-10(2)11-5-3-4-6-12(11)13-9-19(17,18)8-7-16(13)15-14/h3-6,10,13H,7-9H2,1-2H3/q-1. The average Bonchev–Trinajstić information content (AvgIpc) is 2.37. The number of hydrogen-bond donors (Lipinski definition) is 0. The molecule has 1 aliphatic rings. The van der Waals surface area contributed by atoms with Crippen LogP contribution in [0.2, 0.25) is 0 Å². The van der Waals surface area contributed by atoms with E-state index in [2.05, 4.69) is 47.7 Å². The van der Waals surface area contributed by atoms with E-state index in [9.17, 15) is 8.42 Å². The van der Waals surface area contributed by atoms with Crippen molar-refractivity contribution < 1.29 is 25.9 Å². The molecule has 0 spiro atoms. The van der Waals surface area contributed by atoms with Crippen LogP contribution >= 0.6 is 18.6 Å². The third kappa shape index (κ3) is 3.82. The first-order valence-electron chi connectivity index (χ1n) is 6.26. The molecule has 0 saturated carbocycles. The Hall–Kier alpha value is 0.590. The Morgan fingerprint density at radius 3 is 2.68 bits per heavy atom. The summed E-state index contributed by atoms with van der Waals surface area (Å²) >= 11 is 2.32. The molecule has 2 rings (SSSR count). The summed E-state index contributed by atoms with van der Waals surface area (Å²) in [6.45, 7) is 5.02. The van der Waals surface area contributed by atoms with Gasteiger partial charge in [0, 0.05) is 0 Å². The second kappa shape index (κ2) is 6.57. The van der Waals surface area contributed by atoms with Crippen LogP contribution in [-0.4, -0.2) is 29.6 Å². The van der Waals surface area contributed by atoms with Crippen molar-refractivity contribution in [1.29, 1.82) is 0 Å². The second-order valence-corrected chi connectivity index (χ2v) is 11.4. The normalized spacial score (nSPS) is 23.9. The molecule has 1 aliphatic heterocycles. The van der Waals surface area contributed by atoms with Gasteiger partial charge in [-0.05, 0) is 0 Å². The number of hydrogen-bond acceptors (Lipinski definition) is 3. The summed E-state index contributed by atoms with van der Waals surface area (Å²) in [6.07, 6.45) is 0. The Balaban J connectivity index is 2.42. The Labute approximate surface area is 135 Å². The average molecular weight is 506 g/mol. The fraction of sp³-hybridized carbons (Fsp3) is 0.538. The van der Waals surface area contributed by atoms with Crippen molar-refractivity contribution >= 4 is 28.5 Å². The van der Waals surface area contributed by atoms with Crippen LogP contribution in [0.25, 0.3) is 0 Å². The van der Waals surface area contributed by atoms with Gasteiger partial charge in [-0.15, -0.1) is 0 Å². The van der Waals surface area contributed by atoms with Crippen molar-refractivity contribution in [2.24, 2.45) is 0 Å². The van der Waals surface area contributed by atoms with E-state index in [4.69, 9.17) is 0 Å². The summed E-state index contributed by atoms with van der Waals surface area (Å²) in [5.41, 5.74) is 2.49. The van der Waals surface area contributed by atoms with Crippen molar-refractivity contribution in [3.05, 3.63) is 35.4 Å². The molecule has 1 aromatic carbocycles. The van der Waals surface area contributed by atoms with E-state index in [0.717, 1.165) is 0 Å². The molecule has 1 fully saturated rings. The van der Waals surface area contributed by atoms with E-state index in [0.29, 0.717) is 18.2 Å². The summed E-state index contributed by atoms with van der Waals surface area (Å²) in [5, 5.41) is 0. The van der Waals surface area contributed by atoms with Gasteiger partial charge in [-0.25, -0.2) is 0 Å². The summed E-state index contributed by atoms with van der Waals surface area (Å²) in [6, 6.07) is 8.35. The van der Waals surface area contributed by atoms with Gasteiger partial charge in [0.2, 0.25) is 0 Å². The molecule has 0 N–H and O–H groups in total. The van der Waals surface area contributed by atoms with E-state index in [1.165, 1.54) is 11.1 Å². The Morgan fingerprint density at radius 1 is 1.37 bits per heavy atom. The number of halogens is 2. The predicted octanol–water partition coefficient (Wildman–Crippen LogP) is -0.0645. The van der Waals surface area contributed by atoms with E-state index < -0.39 is 9.84 Å². The topological polar surface area (TPSA) is 37.4 Å².